The molecule has 0 unspecified atom stereocenters. The lowest BCUT2D eigenvalue weighted by atomic mass is 10.2. The molecule has 23 heavy (non-hydrogen) atoms. The third kappa shape index (κ3) is 3.35. The quantitative estimate of drug-likeness (QED) is 0.789. The zero-order chi connectivity index (χ0) is 15.7. The van der Waals surface area contributed by atoms with Crippen molar-refractivity contribution in [3.63, 3.8) is 0 Å². The number of nitrogens with zero attached hydrogens (tertiary/aromatic N) is 3. The van der Waals surface area contributed by atoms with Gasteiger partial charge >= 0.3 is 0 Å². The van der Waals surface area contributed by atoms with E-state index in [2.05, 4.69) is 33.7 Å². The third-order valence-corrected chi connectivity index (χ3v) is 3.56. The molecule has 0 saturated heterocycles. The molecular weight excluding hydrogens is 312 g/mol. The largest absolute Gasteiger partial charge is 0.326 e. The number of halogens is 1. The number of aromatic nitrogens is 3. The van der Waals surface area contributed by atoms with E-state index < -0.39 is 0 Å². The highest BCUT2D eigenvalue weighted by atomic mass is 35.5. The van der Waals surface area contributed by atoms with Crippen LogP contribution in [0.15, 0.2) is 42.7 Å². The Morgan fingerprint density at radius 1 is 1.26 bits per heavy atom. The van der Waals surface area contributed by atoms with E-state index in [-0.39, 0.29) is 18.3 Å². The maximum absolute atomic E-state index is 12.2. The smallest absolute Gasteiger partial charge is 0.257 e. The summed E-state index contributed by atoms with van der Waals surface area (Å²) < 4.78 is 2.18. The first-order chi connectivity index (χ1) is 10.6. The summed E-state index contributed by atoms with van der Waals surface area (Å²) in [5.74, 6) is 0.799. The Morgan fingerprint density at radius 3 is 2.70 bits per heavy atom. The van der Waals surface area contributed by atoms with Gasteiger partial charge in [-0.25, -0.2) is 4.98 Å². The number of benzene rings is 1. The summed E-state index contributed by atoms with van der Waals surface area (Å²) in [4.78, 5) is 20.7. The Morgan fingerprint density at radius 2 is 2.04 bits per heavy atom. The number of carbonyl (C=O) groups is 1. The average molecular weight is 331 g/mol. The highest BCUT2D eigenvalue weighted by Crippen LogP contribution is 2.23. The third-order valence-electron chi connectivity index (χ3n) is 3.56. The van der Waals surface area contributed by atoms with Gasteiger partial charge in [0.2, 0.25) is 0 Å². The Bertz CT molecular complexity index is 827. The predicted octanol–water partition coefficient (Wildman–Crippen LogP) is 3.99. The Hall–Kier alpha value is -2.40. The van der Waals surface area contributed by atoms with E-state index in [9.17, 15) is 4.79 Å². The first-order valence-corrected chi connectivity index (χ1v) is 7.26. The summed E-state index contributed by atoms with van der Waals surface area (Å²) >= 11 is 0. The first-order valence-electron chi connectivity index (χ1n) is 7.26. The molecule has 0 radical (unpaired) electrons. The predicted molar refractivity (Wildman–Crippen MR) is 94.3 cm³/mol. The fourth-order valence-electron chi connectivity index (χ4n) is 2.65. The molecule has 0 aliphatic rings. The van der Waals surface area contributed by atoms with Gasteiger partial charge in [-0.1, -0.05) is 0 Å². The fraction of sp³-hybridized carbons (Fsp3) is 0.235. The van der Waals surface area contributed by atoms with Gasteiger partial charge in [0.05, 0.1) is 16.6 Å². The molecule has 2 aromatic heterocycles. The van der Waals surface area contributed by atoms with Crippen molar-refractivity contribution in [2.75, 3.05) is 5.32 Å². The Labute approximate surface area is 141 Å². The van der Waals surface area contributed by atoms with Gasteiger partial charge in [-0.3, -0.25) is 9.78 Å². The van der Waals surface area contributed by atoms with Crippen molar-refractivity contribution in [1.82, 2.24) is 14.5 Å². The summed E-state index contributed by atoms with van der Waals surface area (Å²) in [5.41, 5.74) is 3.23. The molecule has 3 aromatic rings. The molecular formula is C17H19ClN4O. The van der Waals surface area contributed by atoms with Gasteiger partial charge in [-0.2, -0.15) is 0 Å². The molecule has 0 aliphatic carbocycles. The molecule has 3 rings (SSSR count). The molecule has 1 amide bonds. The lowest BCUT2D eigenvalue weighted by Gasteiger charge is -2.11. The first kappa shape index (κ1) is 17.0. The molecule has 0 saturated carbocycles. The van der Waals surface area contributed by atoms with E-state index >= 15 is 0 Å². The molecule has 0 atom stereocenters. The monoisotopic (exact) mass is 330 g/mol. The molecule has 0 spiro atoms. The molecule has 1 N–H and O–H groups in total. The van der Waals surface area contributed by atoms with Crippen LogP contribution in [-0.4, -0.2) is 20.4 Å². The van der Waals surface area contributed by atoms with Crippen molar-refractivity contribution in [2.24, 2.45) is 0 Å². The second-order valence-corrected chi connectivity index (χ2v) is 5.52. The second kappa shape index (κ2) is 6.79. The molecule has 5 nitrogen and oxygen atoms in total. The van der Waals surface area contributed by atoms with Gasteiger partial charge in [0.15, 0.2) is 0 Å². The van der Waals surface area contributed by atoms with Crippen LogP contribution in [0.2, 0.25) is 0 Å². The van der Waals surface area contributed by atoms with Crippen LogP contribution in [0.25, 0.3) is 11.0 Å². The maximum atomic E-state index is 12.2. The van der Waals surface area contributed by atoms with Crippen LogP contribution in [0.5, 0.6) is 0 Å². The highest BCUT2D eigenvalue weighted by molar-refractivity contribution is 6.04. The van der Waals surface area contributed by atoms with Crippen molar-refractivity contribution >= 4 is 35.0 Å². The SMILES string of the molecule is Cc1nc2cc(NC(=O)c3cccnc3)ccc2n1C(C)C.Cl. The van der Waals surface area contributed by atoms with Crippen molar-refractivity contribution in [3.8, 4) is 0 Å². The van der Waals surface area contributed by atoms with E-state index in [1.165, 1.54) is 0 Å². The van der Waals surface area contributed by atoms with E-state index in [0.717, 1.165) is 22.5 Å². The second-order valence-electron chi connectivity index (χ2n) is 5.52. The Kier molecular flexibility index (Phi) is 5.01. The normalized spacial score (nSPS) is 10.6. The van der Waals surface area contributed by atoms with E-state index in [4.69, 9.17) is 0 Å². The number of anilines is 1. The number of pyridine rings is 1. The van der Waals surface area contributed by atoms with Crippen LogP contribution in [0.4, 0.5) is 5.69 Å². The van der Waals surface area contributed by atoms with Crippen molar-refractivity contribution in [2.45, 2.75) is 26.8 Å². The molecule has 6 heteroatoms. The zero-order valence-electron chi connectivity index (χ0n) is 13.3. The van der Waals surface area contributed by atoms with E-state index in [1.54, 1.807) is 24.5 Å². The number of aryl methyl sites for hydroxylation is 1. The summed E-state index contributed by atoms with van der Waals surface area (Å²) in [6, 6.07) is 9.62. The van der Waals surface area contributed by atoms with Crippen LogP contribution in [0.3, 0.4) is 0 Å². The minimum Gasteiger partial charge on any atom is -0.326 e. The minimum absolute atomic E-state index is 0. The molecule has 2 heterocycles. The van der Waals surface area contributed by atoms with Gasteiger partial charge in [0.25, 0.3) is 5.91 Å². The van der Waals surface area contributed by atoms with E-state index in [1.807, 2.05) is 25.1 Å². The molecule has 120 valence electrons. The van der Waals surface area contributed by atoms with Gasteiger partial charge in [-0.05, 0) is 51.1 Å². The number of fused-ring (bicyclic) bond motifs is 1. The topological polar surface area (TPSA) is 59.8 Å². The van der Waals surface area contributed by atoms with Crippen LogP contribution in [-0.2, 0) is 0 Å². The molecule has 1 aromatic carbocycles. The average Bonchev–Trinajstić information content (AvgIpc) is 2.83. The lowest BCUT2D eigenvalue weighted by Crippen LogP contribution is -2.11. The Balaban J connectivity index is 0.00000192. The number of hydrogen-bond donors (Lipinski definition) is 1. The number of rotatable bonds is 3. The van der Waals surface area contributed by atoms with Crippen molar-refractivity contribution < 1.29 is 4.79 Å². The molecule has 0 aliphatic heterocycles. The standard InChI is InChI=1S/C17H18N4O.ClH/c1-11(2)21-12(3)19-15-9-14(6-7-16(15)21)20-17(22)13-5-4-8-18-10-13;/h4-11H,1-3H3,(H,20,22);1H. The number of hydrogen-bond acceptors (Lipinski definition) is 3. The van der Waals surface area contributed by atoms with Gasteiger partial charge in [0.1, 0.15) is 5.82 Å². The summed E-state index contributed by atoms with van der Waals surface area (Å²) in [6.07, 6.45) is 3.19. The van der Waals surface area contributed by atoms with E-state index in [0.29, 0.717) is 11.6 Å². The van der Waals surface area contributed by atoms with Crippen LogP contribution < -0.4 is 5.32 Å². The van der Waals surface area contributed by atoms with Crippen molar-refractivity contribution in [3.05, 3.63) is 54.1 Å². The van der Waals surface area contributed by atoms with Gasteiger partial charge < -0.3 is 9.88 Å². The minimum atomic E-state index is -0.174. The number of imidazole rings is 1. The fourth-order valence-corrected chi connectivity index (χ4v) is 2.65. The van der Waals surface area contributed by atoms with Gasteiger partial charge in [0, 0.05) is 24.1 Å². The summed E-state index contributed by atoms with van der Waals surface area (Å²) in [6.45, 7) is 6.26. The summed E-state index contributed by atoms with van der Waals surface area (Å²) in [5, 5.41) is 2.88. The number of carbonyl (C=O) groups excluding carboxylic acids is 1. The molecule has 0 bridgehead atoms. The van der Waals surface area contributed by atoms with Crippen molar-refractivity contribution in [1.29, 1.82) is 0 Å². The number of nitrogens with one attached hydrogen (secondary N) is 1. The van der Waals surface area contributed by atoms with Gasteiger partial charge in [-0.15, -0.1) is 12.4 Å². The van der Waals surface area contributed by atoms with Crippen LogP contribution in [0.1, 0.15) is 36.1 Å². The zero-order valence-corrected chi connectivity index (χ0v) is 14.1. The molecule has 0 fully saturated rings. The summed E-state index contributed by atoms with van der Waals surface area (Å²) in [7, 11) is 0. The van der Waals surface area contributed by atoms with Crippen LogP contribution >= 0.6 is 12.4 Å². The highest BCUT2D eigenvalue weighted by Gasteiger charge is 2.12. The maximum Gasteiger partial charge on any atom is 0.257 e. The van der Waals surface area contributed by atoms with Crippen LogP contribution in [0, 0.1) is 6.92 Å². The lowest BCUT2D eigenvalue weighted by molar-refractivity contribution is 0.102. The number of amides is 1.